The third-order valence-electron chi connectivity index (χ3n) is 6.38. The minimum atomic E-state index is -0.348. The maximum Gasteiger partial charge on any atom is 0.246 e. The van der Waals surface area contributed by atoms with E-state index >= 15 is 0 Å². The van der Waals surface area contributed by atoms with Crippen LogP contribution in [-0.2, 0) is 16.1 Å². The topological polar surface area (TPSA) is 79.5 Å². The first-order valence-corrected chi connectivity index (χ1v) is 10.1. The van der Waals surface area contributed by atoms with Gasteiger partial charge >= 0.3 is 0 Å². The van der Waals surface area contributed by atoms with E-state index in [9.17, 15) is 14.0 Å². The van der Waals surface area contributed by atoms with E-state index < -0.39 is 0 Å². The maximum absolute atomic E-state index is 13.7. The van der Waals surface area contributed by atoms with Gasteiger partial charge in [0.2, 0.25) is 11.8 Å². The van der Waals surface area contributed by atoms with Gasteiger partial charge in [0.1, 0.15) is 17.2 Å². The van der Waals surface area contributed by atoms with Crippen molar-refractivity contribution in [2.75, 3.05) is 20.1 Å². The molecule has 2 heterocycles. The zero-order chi connectivity index (χ0) is 21.3. The van der Waals surface area contributed by atoms with Crippen LogP contribution in [0.2, 0.25) is 0 Å². The number of benzene rings is 1. The standard InChI is InChI=1S/C22H25FN4O3/c1-15-19(25-30-24-15)14-26(2)21(29)17-13-22(17)9-11-27(12-10-22)20(28)8-7-16-5-3-4-6-18(16)23/h3-8,17H,9-14H2,1-2H3/b8-7+. The third kappa shape index (κ3) is 3.99. The molecule has 1 saturated carbocycles. The van der Waals surface area contributed by atoms with E-state index in [1.54, 1.807) is 42.0 Å². The summed E-state index contributed by atoms with van der Waals surface area (Å²) in [5.74, 6) is -0.368. The maximum atomic E-state index is 13.7. The highest BCUT2D eigenvalue weighted by atomic mass is 19.1. The quantitative estimate of drug-likeness (QED) is 0.706. The number of hydrogen-bond acceptors (Lipinski definition) is 5. The highest BCUT2D eigenvalue weighted by Crippen LogP contribution is 2.60. The molecule has 8 heteroatoms. The van der Waals surface area contributed by atoms with Crippen LogP contribution in [0.1, 0.15) is 36.2 Å². The number of carbonyl (C=O) groups excluding carboxylic acids is 2. The van der Waals surface area contributed by atoms with Gasteiger partial charge in [-0.05, 0) is 43.7 Å². The van der Waals surface area contributed by atoms with Crippen molar-refractivity contribution < 1.29 is 18.6 Å². The van der Waals surface area contributed by atoms with Gasteiger partial charge in [0.05, 0.1) is 6.54 Å². The molecular formula is C22H25FN4O3. The molecule has 1 aliphatic carbocycles. The number of halogens is 1. The number of hydrogen-bond donors (Lipinski definition) is 0. The molecule has 4 rings (SSSR count). The Morgan fingerprint density at radius 2 is 2.03 bits per heavy atom. The van der Waals surface area contributed by atoms with E-state index in [-0.39, 0.29) is 29.0 Å². The zero-order valence-electron chi connectivity index (χ0n) is 17.2. The highest BCUT2D eigenvalue weighted by Gasteiger charge is 2.59. The van der Waals surface area contributed by atoms with Crippen LogP contribution in [0, 0.1) is 24.1 Å². The highest BCUT2D eigenvalue weighted by molar-refractivity contribution is 5.92. The Morgan fingerprint density at radius 1 is 1.30 bits per heavy atom. The molecule has 2 amide bonds. The van der Waals surface area contributed by atoms with E-state index in [1.807, 2.05) is 0 Å². The summed E-state index contributed by atoms with van der Waals surface area (Å²) in [6.07, 6.45) is 5.41. The first kappa shape index (κ1) is 20.3. The lowest BCUT2D eigenvalue weighted by Crippen LogP contribution is -2.40. The SMILES string of the molecule is Cc1nonc1CN(C)C(=O)C1CC12CCN(C(=O)/C=C/c1ccccc1F)CC2. The van der Waals surface area contributed by atoms with E-state index in [0.717, 1.165) is 19.3 Å². The summed E-state index contributed by atoms with van der Waals surface area (Å²) in [7, 11) is 1.77. The molecule has 1 aliphatic heterocycles. The fourth-order valence-electron chi connectivity index (χ4n) is 4.26. The van der Waals surface area contributed by atoms with Crippen molar-refractivity contribution in [1.29, 1.82) is 0 Å². The number of aryl methyl sites for hydroxylation is 1. The molecule has 0 radical (unpaired) electrons. The normalized spacial score (nSPS) is 20.0. The summed E-state index contributed by atoms with van der Waals surface area (Å²) < 4.78 is 18.4. The van der Waals surface area contributed by atoms with Crippen LogP contribution in [0.5, 0.6) is 0 Å². The molecule has 7 nitrogen and oxygen atoms in total. The van der Waals surface area contributed by atoms with E-state index in [0.29, 0.717) is 36.6 Å². The third-order valence-corrected chi connectivity index (χ3v) is 6.38. The number of aromatic nitrogens is 2. The molecule has 1 saturated heterocycles. The molecule has 1 spiro atoms. The molecule has 2 aromatic rings. The monoisotopic (exact) mass is 412 g/mol. The fraction of sp³-hybridized carbons (Fsp3) is 0.455. The summed E-state index contributed by atoms with van der Waals surface area (Å²) in [4.78, 5) is 28.8. The Balaban J connectivity index is 1.29. The second-order valence-electron chi connectivity index (χ2n) is 8.29. The van der Waals surface area contributed by atoms with E-state index in [1.165, 1.54) is 18.2 Å². The molecule has 2 aliphatic rings. The number of carbonyl (C=O) groups is 2. The van der Waals surface area contributed by atoms with Crippen molar-refractivity contribution in [3.63, 3.8) is 0 Å². The fourth-order valence-corrected chi connectivity index (χ4v) is 4.26. The van der Waals surface area contributed by atoms with Gasteiger partial charge in [-0.3, -0.25) is 9.59 Å². The van der Waals surface area contributed by atoms with Crippen LogP contribution in [0.4, 0.5) is 4.39 Å². The predicted molar refractivity (Wildman–Crippen MR) is 107 cm³/mol. The van der Waals surface area contributed by atoms with Crippen molar-refractivity contribution in [3.8, 4) is 0 Å². The largest absolute Gasteiger partial charge is 0.339 e. The van der Waals surface area contributed by atoms with Gasteiger partial charge in [0.25, 0.3) is 0 Å². The molecule has 1 aromatic carbocycles. The summed E-state index contributed by atoms with van der Waals surface area (Å²) in [6.45, 7) is 3.41. The average molecular weight is 412 g/mol. The van der Waals surface area contributed by atoms with Crippen LogP contribution < -0.4 is 0 Å². The molecule has 30 heavy (non-hydrogen) atoms. The summed E-state index contributed by atoms with van der Waals surface area (Å²) in [5, 5.41) is 7.59. The lowest BCUT2D eigenvalue weighted by molar-refractivity contribution is -0.133. The molecule has 1 unspecified atom stereocenters. The minimum Gasteiger partial charge on any atom is -0.339 e. The van der Waals surface area contributed by atoms with Gasteiger partial charge in [0.15, 0.2) is 0 Å². The number of nitrogens with zero attached hydrogens (tertiary/aromatic N) is 4. The van der Waals surface area contributed by atoms with Gasteiger partial charge in [-0.2, -0.15) is 0 Å². The lowest BCUT2D eigenvalue weighted by atomic mass is 9.90. The van der Waals surface area contributed by atoms with Crippen LogP contribution in [0.15, 0.2) is 35.0 Å². The van der Waals surface area contributed by atoms with Crippen molar-refractivity contribution in [2.24, 2.45) is 11.3 Å². The van der Waals surface area contributed by atoms with E-state index in [2.05, 4.69) is 10.3 Å². The number of likely N-dealkylation sites (tertiary alicyclic amines) is 1. The molecule has 0 N–H and O–H groups in total. The van der Waals surface area contributed by atoms with Gasteiger partial charge in [-0.15, -0.1) is 0 Å². The van der Waals surface area contributed by atoms with Crippen LogP contribution >= 0.6 is 0 Å². The number of rotatable bonds is 5. The molecule has 1 aromatic heterocycles. The lowest BCUT2D eigenvalue weighted by Gasteiger charge is -2.32. The van der Waals surface area contributed by atoms with Gasteiger partial charge < -0.3 is 9.80 Å². The zero-order valence-corrected chi connectivity index (χ0v) is 17.2. The van der Waals surface area contributed by atoms with Crippen molar-refractivity contribution >= 4 is 17.9 Å². The molecule has 1 atom stereocenters. The van der Waals surface area contributed by atoms with Crippen LogP contribution in [0.3, 0.4) is 0 Å². The first-order chi connectivity index (χ1) is 14.4. The van der Waals surface area contributed by atoms with Crippen molar-refractivity contribution in [2.45, 2.75) is 32.7 Å². The number of piperidine rings is 1. The van der Waals surface area contributed by atoms with Crippen molar-refractivity contribution in [1.82, 2.24) is 20.1 Å². The van der Waals surface area contributed by atoms with Crippen LogP contribution in [-0.4, -0.2) is 52.1 Å². The first-order valence-electron chi connectivity index (χ1n) is 10.1. The second kappa shape index (κ2) is 8.01. The summed E-state index contributed by atoms with van der Waals surface area (Å²) >= 11 is 0. The molecule has 158 valence electrons. The Labute approximate surface area is 174 Å². The Hall–Kier alpha value is -3.03. The second-order valence-corrected chi connectivity index (χ2v) is 8.29. The van der Waals surface area contributed by atoms with Crippen molar-refractivity contribution in [3.05, 3.63) is 53.1 Å². The molecule has 0 bridgehead atoms. The number of amides is 2. The van der Waals surface area contributed by atoms with Gasteiger partial charge in [-0.25, -0.2) is 9.02 Å². The van der Waals surface area contributed by atoms with Crippen LogP contribution in [0.25, 0.3) is 6.08 Å². The van der Waals surface area contributed by atoms with Gasteiger partial charge in [0, 0.05) is 37.7 Å². The van der Waals surface area contributed by atoms with Gasteiger partial charge in [-0.1, -0.05) is 28.5 Å². The Bertz CT molecular complexity index is 978. The van der Waals surface area contributed by atoms with E-state index in [4.69, 9.17) is 4.63 Å². The molecular weight excluding hydrogens is 387 g/mol. The molecule has 2 fully saturated rings. The minimum absolute atomic E-state index is 0.00546. The smallest absolute Gasteiger partial charge is 0.246 e. The Morgan fingerprint density at radius 3 is 2.70 bits per heavy atom. The average Bonchev–Trinajstić information content (AvgIpc) is 3.29. The predicted octanol–water partition coefficient (Wildman–Crippen LogP) is 2.82. The summed E-state index contributed by atoms with van der Waals surface area (Å²) in [5.41, 5.74) is 1.75. The summed E-state index contributed by atoms with van der Waals surface area (Å²) in [6, 6.07) is 6.36. The Kier molecular flexibility index (Phi) is 5.40.